The number of pyridine rings is 1. The summed E-state index contributed by atoms with van der Waals surface area (Å²) in [6.07, 6.45) is 1.42. The number of carbonyl (C=O) groups is 1. The van der Waals surface area contributed by atoms with Gasteiger partial charge in [0.2, 0.25) is 0 Å². The molecular weight excluding hydrogens is 336 g/mol. The van der Waals surface area contributed by atoms with Gasteiger partial charge >= 0.3 is 0 Å². The third-order valence-corrected chi connectivity index (χ3v) is 3.85. The summed E-state index contributed by atoms with van der Waals surface area (Å²) in [6, 6.07) is 12.5. The molecule has 0 aliphatic carbocycles. The Bertz CT molecular complexity index is 956. The van der Waals surface area contributed by atoms with Crippen LogP contribution >= 0.6 is 0 Å². The summed E-state index contributed by atoms with van der Waals surface area (Å²) in [6.45, 7) is 4.02. The van der Waals surface area contributed by atoms with Crippen molar-refractivity contribution in [2.45, 2.75) is 13.8 Å². The quantitative estimate of drug-likeness (QED) is 0.696. The van der Waals surface area contributed by atoms with Crippen molar-refractivity contribution in [1.29, 1.82) is 0 Å². The van der Waals surface area contributed by atoms with Crippen molar-refractivity contribution in [3.05, 3.63) is 83.1 Å². The highest BCUT2D eigenvalue weighted by atomic mass is 19.2. The highest BCUT2D eigenvalue weighted by Gasteiger charge is 2.09. The van der Waals surface area contributed by atoms with Crippen LogP contribution in [0.1, 0.15) is 21.5 Å². The first-order valence-electron chi connectivity index (χ1n) is 7.99. The Morgan fingerprint density at radius 2 is 1.77 bits per heavy atom. The van der Waals surface area contributed by atoms with Gasteiger partial charge in [-0.15, -0.1) is 0 Å². The van der Waals surface area contributed by atoms with Crippen LogP contribution in [0.15, 0.2) is 54.7 Å². The number of aromatic nitrogens is 1. The highest BCUT2D eigenvalue weighted by molar-refractivity contribution is 6.04. The second-order valence-electron chi connectivity index (χ2n) is 5.96. The maximum atomic E-state index is 13.2. The number of hydrogen-bond acceptors (Lipinski definition) is 3. The molecule has 0 radical (unpaired) electrons. The van der Waals surface area contributed by atoms with E-state index < -0.39 is 17.5 Å². The van der Waals surface area contributed by atoms with Crippen molar-refractivity contribution in [1.82, 2.24) is 4.98 Å². The van der Waals surface area contributed by atoms with E-state index in [1.807, 2.05) is 26.0 Å². The maximum Gasteiger partial charge on any atom is 0.257 e. The first-order valence-corrected chi connectivity index (χ1v) is 7.99. The summed E-state index contributed by atoms with van der Waals surface area (Å²) in [5, 5.41) is 5.70. The monoisotopic (exact) mass is 353 g/mol. The number of amides is 1. The van der Waals surface area contributed by atoms with E-state index in [0.717, 1.165) is 23.4 Å². The summed E-state index contributed by atoms with van der Waals surface area (Å²) >= 11 is 0. The Kier molecular flexibility index (Phi) is 4.93. The van der Waals surface area contributed by atoms with E-state index in [2.05, 4.69) is 21.7 Å². The summed E-state index contributed by atoms with van der Waals surface area (Å²) in [7, 11) is 0. The van der Waals surface area contributed by atoms with Gasteiger partial charge in [-0.1, -0.05) is 17.7 Å². The Morgan fingerprint density at radius 1 is 0.962 bits per heavy atom. The molecule has 132 valence electrons. The Labute approximate surface area is 149 Å². The average Bonchev–Trinajstić information content (AvgIpc) is 2.61. The van der Waals surface area contributed by atoms with Gasteiger partial charge in [-0.2, -0.15) is 0 Å². The molecule has 2 N–H and O–H groups in total. The van der Waals surface area contributed by atoms with Gasteiger partial charge in [0, 0.05) is 23.6 Å². The minimum absolute atomic E-state index is 0.173. The minimum Gasteiger partial charge on any atom is -0.340 e. The number of anilines is 3. The summed E-state index contributed by atoms with van der Waals surface area (Å²) in [5.41, 5.74) is 3.67. The Hall–Kier alpha value is -3.28. The standard InChI is InChI=1S/C20H17F2N3O/c1-12-3-7-18(13(2)9-12)25-19-8-4-14(11-23-19)20(26)24-15-5-6-16(21)17(22)10-15/h3-11H,1-2H3,(H,23,25)(H,24,26). The van der Waals surface area contributed by atoms with Crippen LogP contribution in [-0.2, 0) is 0 Å². The van der Waals surface area contributed by atoms with Crippen LogP contribution in [0.5, 0.6) is 0 Å². The van der Waals surface area contributed by atoms with Crippen LogP contribution in [0.4, 0.5) is 26.0 Å². The summed E-state index contributed by atoms with van der Waals surface area (Å²) in [5.74, 6) is -1.84. The van der Waals surface area contributed by atoms with Crippen molar-refractivity contribution in [3.8, 4) is 0 Å². The zero-order chi connectivity index (χ0) is 18.7. The molecule has 3 rings (SSSR count). The molecule has 0 atom stereocenters. The summed E-state index contributed by atoms with van der Waals surface area (Å²) in [4.78, 5) is 16.4. The largest absolute Gasteiger partial charge is 0.340 e. The number of aryl methyl sites for hydroxylation is 2. The minimum atomic E-state index is -1.02. The first kappa shape index (κ1) is 17.5. The number of rotatable bonds is 4. The van der Waals surface area contributed by atoms with E-state index in [1.165, 1.54) is 17.8 Å². The normalized spacial score (nSPS) is 10.5. The lowest BCUT2D eigenvalue weighted by molar-refractivity contribution is 0.102. The number of nitrogens with zero attached hydrogens (tertiary/aromatic N) is 1. The second-order valence-corrected chi connectivity index (χ2v) is 5.96. The molecule has 0 fully saturated rings. The maximum absolute atomic E-state index is 13.2. The zero-order valence-corrected chi connectivity index (χ0v) is 14.3. The Morgan fingerprint density at radius 3 is 2.42 bits per heavy atom. The van der Waals surface area contributed by atoms with Crippen LogP contribution in [0.25, 0.3) is 0 Å². The lowest BCUT2D eigenvalue weighted by Gasteiger charge is -2.10. The van der Waals surface area contributed by atoms with Crippen LogP contribution in [0, 0.1) is 25.5 Å². The summed E-state index contributed by atoms with van der Waals surface area (Å²) < 4.78 is 26.1. The molecule has 0 bridgehead atoms. The predicted molar refractivity (Wildman–Crippen MR) is 97.7 cm³/mol. The van der Waals surface area contributed by atoms with Crippen LogP contribution in [-0.4, -0.2) is 10.9 Å². The molecule has 3 aromatic rings. The number of halogens is 2. The van der Waals surface area contributed by atoms with Crippen LogP contribution in [0.2, 0.25) is 0 Å². The molecular formula is C20H17F2N3O. The third-order valence-electron chi connectivity index (χ3n) is 3.85. The molecule has 2 aromatic carbocycles. The average molecular weight is 353 g/mol. The molecule has 0 saturated heterocycles. The lowest BCUT2D eigenvalue weighted by atomic mass is 10.1. The molecule has 0 aliphatic heterocycles. The van der Waals surface area contributed by atoms with Crippen molar-refractivity contribution in [3.63, 3.8) is 0 Å². The molecule has 0 aliphatic rings. The molecule has 6 heteroatoms. The van der Waals surface area contributed by atoms with Crippen molar-refractivity contribution < 1.29 is 13.6 Å². The first-order chi connectivity index (χ1) is 12.4. The SMILES string of the molecule is Cc1ccc(Nc2ccc(C(=O)Nc3ccc(F)c(F)c3)cn2)c(C)c1. The van der Waals surface area contributed by atoms with Gasteiger partial charge in [-0.3, -0.25) is 4.79 Å². The predicted octanol–water partition coefficient (Wildman–Crippen LogP) is 4.97. The molecule has 1 aromatic heterocycles. The number of carbonyl (C=O) groups excluding carboxylic acids is 1. The van der Waals surface area contributed by atoms with Gasteiger partial charge in [0.1, 0.15) is 5.82 Å². The fraction of sp³-hybridized carbons (Fsp3) is 0.100. The topological polar surface area (TPSA) is 54.0 Å². The molecule has 0 saturated carbocycles. The van der Waals surface area contributed by atoms with E-state index in [9.17, 15) is 13.6 Å². The van der Waals surface area contributed by atoms with Gasteiger partial charge in [-0.05, 0) is 49.7 Å². The molecule has 26 heavy (non-hydrogen) atoms. The van der Waals surface area contributed by atoms with Crippen molar-refractivity contribution in [2.24, 2.45) is 0 Å². The Balaban J connectivity index is 1.70. The van der Waals surface area contributed by atoms with Crippen LogP contribution < -0.4 is 10.6 Å². The van der Waals surface area contributed by atoms with Crippen molar-refractivity contribution >= 4 is 23.1 Å². The van der Waals surface area contributed by atoms with E-state index in [0.29, 0.717) is 11.4 Å². The molecule has 4 nitrogen and oxygen atoms in total. The lowest BCUT2D eigenvalue weighted by Crippen LogP contribution is -2.12. The van der Waals surface area contributed by atoms with E-state index >= 15 is 0 Å². The van der Waals surface area contributed by atoms with Gasteiger partial charge in [0.05, 0.1) is 5.56 Å². The fourth-order valence-corrected chi connectivity index (χ4v) is 2.47. The molecule has 0 spiro atoms. The van der Waals surface area contributed by atoms with Gasteiger partial charge < -0.3 is 10.6 Å². The third kappa shape index (κ3) is 4.03. The van der Waals surface area contributed by atoms with E-state index in [4.69, 9.17) is 0 Å². The van der Waals surface area contributed by atoms with Gasteiger partial charge in [0.15, 0.2) is 11.6 Å². The highest BCUT2D eigenvalue weighted by Crippen LogP contribution is 2.20. The number of nitrogens with one attached hydrogen (secondary N) is 2. The van der Waals surface area contributed by atoms with Gasteiger partial charge in [0.25, 0.3) is 5.91 Å². The molecule has 1 heterocycles. The van der Waals surface area contributed by atoms with Gasteiger partial charge in [-0.25, -0.2) is 13.8 Å². The van der Waals surface area contributed by atoms with E-state index in [-0.39, 0.29) is 5.69 Å². The number of hydrogen-bond donors (Lipinski definition) is 2. The smallest absolute Gasteiger partial charge is 0.257 e. The molecule has 1 amide bonds. The van der Waals surface area contributed by atoms with E-state index in [1.54, 1.807) is 12.1 Å². The van der Waals surface area contributed by atoms with Crippen LogP contribution in [0.3, 0.4) is 0 Å². The fourth-order valence-electron chi connectivity index (χ4n) is 2.47. The number of benzene rings is 2. The molecule has 0 unspecified atom stereocenters. The second kappa shape index (κ2) is 7.31. The zero-order valence-electron chi connectivity index (χ0n) is 14.3. The van der Waals surface area contributed by atoms with Crippen molar-refractivity contribution in [2.75, 3.05) is 10.6 Å².